The van der Waals surface area contributed by atoms with E-state index in [-0.39, 0.29) is 48.5 Å². The largest absolute Gasteiger partial charge is 0.361 e. The van der Waals surface area contributed by atoms with Crippen LogP contribution < -0.4 is 0 Å². The van der Waals surface area contributed by atoms with Gasteiger partial charge in [-0.1, -0.05) is 17.3 Å². The molecule has 1 fully saturated rings. The lowest BCUT2D eigenvalue weighted by Gasteiger charge is -2.33. The molecule has 1 saturated heterocycles. The predicted molar refractivity (Wildman–Crippen MR) is 92.3 cm³/mol. The molecule has 0 spiro atoms. The van der Waals surface area contributed by atoms with Crippen molar-refractivity contribution in [1.82, 2.24) is 14.4 Å². The number of nitrogens with zero attached hydrogens (tertiary/aromatic N) is 3. The number of benzene rings is 1. The zero-order valence-electron chi connectivity index (χ0n) is 14.5. The van der Waals surface area contributed by atoms with Crippen LogP contribution in [0.4, 0.5) is 0 Å². The minimum atomic E-state index is -3.66. The second kappa shape index (κ2) is 7.00. The van der Waals surface area contributed by atoms with Crippen molar-refractivity contribution >= 4 is 21.7 Å². The fourth-order valence-electron chi connectivity index (χ4n) is 2.77. The number of hydrogen-bond acceptors (Lipinski definition) is 6. The van der Waals surface area contributed by atoms with Gasteiger partial charge in [0.1, 0.15) is 5.76 Å². The first-order valence-corrected chi connectivity index (χ1v) is 9.57. The number of rotatable bonds is 4. The van der Waals surface area contributed by atoms with Crippen LogP contribution >= 0.6 is 0 Å². The first kappa shape index (κ1) is 18.3. The van der Waals surface area contributed by atoms with Crippen LogP contribution in [0.1, 0.15) is 33.5 Å². The molecule has 0 N–H and O–H groups in total. The van der Waals surface area contributed by atoms with Gasteiger partial charge in [0.25, 0.3) is 5.91 Å². The van der Waals surface area contributed by atoms with Crippen molar-refractivity contribution in [3.63, 3.8) is 0 Å². The molecule has 3 rings (SSSR count). The molecule has 0 unspecified atom stereocenters. The maximum Gasteiger partial charge on any atom is 0.276 e. The third-order valence-electron chi connectivity index (χ3n) is 4.27. The Morgan fingerprint density at radius 3 is 2.19 bits per heavy atom. The molecule has 8 nitrogen and oxygen atoms in total. The summed E-state index contributed by atoms with van der Waals surface area (Å²) in [6.45, 7) is 4.06. The molecule has 9 heteroatoms. The average Bonchev–Trinajstić information content (AvgIpc) is 3.07. The molecule has 1 aromatic carbocycles. The Hall–Kier alpha value is -2.52. The number of hydrogen-bond donors (Lipinski definition) is 0. The number of carbonyl (C=O) groups is 2. The van der Waals surface area contributed by atoms with E-state index in [1.54, 1.807) is 17.9 Å². The number of aromatic nitrogens is 1. The Morgan fingerprint density at radius 2 is 1.69 bits per heavy atom. The molecule has 2 aromatic rings. The van der Waals surface area contributed by atoms with Gasteiger partial charge in [-0.2, -0.15) is 4.31 Å². The van der Waals surface area contributed by atoms with Crippen LogP contribution in [0.25, 0.3) is 0 Å². The maximum absolute atomic E-state index is 12.7. The first-order valence-electron chi connectivity index (χ1n) is 8.13. The summed E-state index contributed by atoms with van der Waals surface area (Å²) >= 11 is 0. The highest BCUT2D eigenvalue weighted by Crippen LogP contribution is 2.19. The Balaban J connectivity index is 1.68. The van der Waals surface area contributed by atoms with Crippen molar-refractivity contribution in [2.45, 2.75) is 18.7 Å². The molecule has 0 saturated carbocycles. The number of ketones is 1. The number of carbonyl (C=O) groups excluding carboxylic acids is 2. The smallest absolute Gasteiger partial charge is 0.276 e. The van der Waals surface area contributed by atoms with Gasteiger partial charge in [-0.15, -0.1) is 0 Å². The topological polar surface area (TPSA) is 101 Å². The summed E-state index contributed by atoms with van der Waals surface area (Å²) in [6.07, 6.45) is 0. The summed E-state index contributed by atoms with van der Waals surface area (Å²) in [4.78, 5) is 25.4. The Bertz CT molecular complexity index is 926. The van der Waals surface area contributed by atoms with Gasteiger partial charge in [0.2, 0.25) is 10.0 Å². The number of sulfonamides is 1. The number of amides is 1. The van der Waals surface area contributed by atoms with Gasteiger partial charge in [0.05, 0.1) is 4.90 Å². The van der Waals surface area contributed by atoms with Crippen molar-refractivity contribution in [1.29, 1.82) is 0 Å². The van der Waals surface area contributed by atoms with Crippen LogP contribution in [0.5, 0.6) is 0 Å². The molecular formula is C17H19N3O5S. The lowest BCUT2D eigenvalue weighted by molar-refractivity contribution is 0.0687. The molecule has 0 atom stereocenters. The third kappa shape index (κ3) is 3.54. The number of piperazine rings is 1. The Morgan fingerprint density at radius 1 is 1.08 bits per heavy atom. The summed E-state index contributed by atoms with van der Waals surface area (Å²) in [7, 11) is -3.66. The van der Waals surface area contributed by atoms with Crippen molar-refractivity contribution < 1.29 is 22.5 Å². The monoisotopic (exact) mass is 377 g/mol. The van der Waals surface area contributed by atoms with Crippen LogP contribution in [0, 0.1) is 6.92 Å². The van der Waals surface area contributed by atoms with Gasteiger partial charge in [-0.3, -0.25) is 9.59 Å². The molecule has 1 aliphatic rings. The van der Waals surface area contributed by atoms with E-state index in [0.717, 1.165) is 0 Å². The van der Waals surface area contributed by atoms with Crippen LogP contribution in [0.15, 0.2) is 39.8 Å². The molecule has 0 bridgehead atoms. The summed E-state index contributed by atoms with van der Waals surface area (Å²) in [5, 5.41) is 3.70. The molecule has 2 heterocycles. The van der Waals surface area contributed by atoms with Gasteiger partial charge in [0.15, 0.2) is 11.5 Å². The lowest BCUT2D eigenvalue weighted by Crippen LogP contribution is -2.50. The summed E-state index contributed by atoms with van der Waals surface area (Å²) in [6, 6.07) is 7.43. The van der Waals surface area contributed by atoms with E-state index < -0.39 is 10.0 Å². The second-order valence-corrected chi connectivity index (χ2v) is 8.04. The van der Waals surface area contributed by atoms with Crippen molar-refractivity contribution in [3.05, 3.63) is 47.3 Å². The number of Topliss-reactive ketones (excluding diaryl/α,β-unsaturated/α-hetero) is 1. The van der Waals surface area contributed by atoms with Gasteiger partial charge >= 0.3 is 0 Å². The number of aryl methyl sites for hydroxylation is 1. The zero-order valence-corrected chi connectivity index (χ0v) is 15.3. The highest BCUT2D eigenvalue weighted by molar-refractivity contribution is 7.89. The van der Waals surface area contributed by atoms with E-state index in [9.17, 15) is 18.0 Å². The van der Waals surface area contributed by atoms with Crippen LogP contribution in [-0.2, 0) is 10.0 Å². The Kier molecular flexibility index (Phi) is 4.92. The fraction of sp³-hybridized carbons (Fsp3) is 0.353. The summed E-state index contributed by atoms with van der Waals surface area (Å²) in [5.74, 6) is 0.150. The minimum absolute atomic E-state index is 0.121. The highest BCUT2D eigenvalue weighted by Gasteiger charge is 2.31. The van der Waals surface area contributed by atoms with Crippen molar-refractivity contribution in [3.8, 4) is 0 Å². The molecule has 0 aliphatic carbocycles. The van der Waals surface area contributed by atoms with Gasteiger partial charge in [0, 0.05) is 37.8 Å². The second-order valence-electron chi connectivity index (χ2n) is 6.10. The highest BCUT2D eigenvalue weighted by atomic mass is 32.2. The maximum atomic E-state index is 12.7. The predicted octanol–water partition coefficient (Wildman–Crippen LogP) is 1.33. The molecule has 138 valence electrons. The van der Waals surface area contributed by atoms with Gasteiger partial charge < -0.3 is 9.42 Å². The summed E-state index contributed by atoms with van der Waals surface area (Å²) in [5.41, 5.74) is 0.681. The first-order chi connectivity index (χ1) is 12.3. The van der Waals surface area contributed by atoms with Gasteiger partial charge in [-0.05, 0) is 26.0 Å². The molecule has 26 heavy (non-hydrogen) atoms. The van der Waals surface area contributed by atoms with Crippen molar-refractivity contribution in [2.24, 2.45) is 0 Å². The summed E-state index contributed by atoms with van der Waals surface area (Å²) < 4.78 is 31.7. The molecule has 0 radical (unpaired) electrons. The molecule has 1 aliphatic heterocycles. The van der Waals surface area contributed by atoms with E-state index >= 15 is 0 Å². The zero-order chi connectivity index (χ0) is 18.9. The van der Waals surface area contributed by atoms with E-state index in [1.807, 2.05) is 0 Å². The van der Waals surface area contributed by atoms with E-state index in [4.69, 9.17) is 4.52 Å². The Labute approximate surface area is 151 Å². The molecule has 1 amide bonds. The normalized spacial score (nSPS) is 15.8. The van der Waals surface area contributed by atoms with Crippen molar-refractivity contribution in [2.75, 3.05) is 26.2 Å². The SMILES string of the molecule is CC(=O)c1ccc(S(=O)(=O)N2CCN(C(=O)c3cc(C)on3)CC2)cc1. The minimum Gasteiger partial charge on any atom is -0.361 e. The molecule has 1 aromatic heterocycles. The van der Waals surface area contributed by atoms with E-state index in [1.165, 1.54) is 35.5 Å². The van der Waals surface area contributed by atoms with Gasteiger partial charge in [-0.25, -0.2) is 8.42 Å². The van der Waals surface area contributed by atoms with Crippen LogP contribution in [-0.4, -0.2) is 60.6 Å². The average molecular weight is 377 g/mol. The van der Waals surface area contributed by atoms with Crippen LogP contribution in [0.2, 0.25) is 0 Å². The van der Waals surface area contributed by atoms with Crippen LogP contribution in [0.3, 0.4) is 0 Å². The standard InChI is InChI=1S/C17H19N3O5S/c1-12-11-16(18-25-12)17(22)19-7-9-20(10-8-19)26(23,24)15-5-3-14(4-6-15)13(2)21/h3-6,11H,7-10H2,1-2H3. The fourth-order valence-corrected chi connectivity index (χ4v) is 4.19. The third-order valence-corrected chi connectivity index (χ3v) is 6.18. The van der Waals surface area contributed by atoms with E-state index in [0.29, 0.717) is 11.3 Å². The lowest BCUT2D eigenvalue weighted by atomic mass is 10.2. The van der Waals surface area contributed by atoms with E-state index in [2.05, 4.69) is 5.16 Å². The quantitative estimate of drug-likeness (QED) is 0.745. The molecular weight excluding hydrogens is 358 g/mol.